The minimum atomic E-state index is -0.325. The summed E-state index contributed by atoms with van der Waals surface area (Å²) in [6.45, 7) is 5.74. The van der Waals surface area contributed by atoms with E-state index in [4.69, 9.17) is 12.2 Å². The molecule has 3 aromatic rings. The molecular weight excluding hydrogens is 416 g/mol. The van der Waals surface area contributed by atoms with Gasteiger partial charge in [-0.05, 0) is 53.5 Å². The highest BCUT2D eigenvalue weighted by Gasteiger charge is 2.08. The zero-order chi connectivity index (χ0) is 21.7. The van der Waals surface area contributed by atoms with Gasteiger partial charge in [-0.1, -0.05) is 49.4 Å². The Kier molecular flexibility index (Phi) is 6.91. The molecule has 0 bridgehead atoms. The van der Waals surface area contributed by atoms with Gasteiger partial charge in [0.1, 0.15) is 0 Å². The molecule has 0 saturated carbocycles. The average Bonchev–Trinajstić information content (AvgIpc) is 3.07. The van der Waals surface area contributed by atoms with Crippen molar-refractivity contribution < 1.29 is 9.59 Å². The Morgan fingerprint density at radius 2 is 1.83 bits per heavy atom. The summed E-state index contributed by atoms with van der Waals surface area (Å²) in [5.74, 6) is 0.00814. The van der Waals surface area contributed by atoms with E-state index in [1.165, 1.54) is 29.9 Å². The Balaban J connectivity index is 1.57. The van der Waals surface area contributed by atoms with Gasteiger partial charge in [0.25, 0.3) is 0 Å². The minimum absolute atomic E-state index is 0.134. The molecule has 6 nitrogen and oxygen atoms in total. The van der Waals surface area contributed by atoms with Gasteiger partial charge >= 0.3 is 0 Å². The number of thiazole rings is 1. The highest BCUT2D eigenvalue weighted by atomic mass is 32.1. The number of aromatic nitrogens is 1. The summed E-state index contributed by atoms with van der Waals surface area (Å²) in [5.41, 5.74) is 3.67. The summed E-state index contributed by atoms with van der Waals surface area (Å²) >= 11 is 6.59. The summed E-state index contributed by atoms with van der Waals surface area (Å²) in [5, 5.41) is 9.01. The first-order chi connectivity index (χ1) is 14.3. The highest BCUT2D eigenvalue weighted by Crippen LogP contribution is 2.28. The van der Waals surface area contributed by atoms with Crippen LogP contribution in [-0.2, 0) is 9.59 Å². The van der Waals surface area contributed by atoms with Crippen molar-refractivity contribution >= 4 is 67.6 Å². The van der Waals surface area contributed by atoms with E-state index in [0.29, 0.717) is 16.7 Å². The molecule has 8 heteroatoms. The van der Waals surface area contributed by atoms with Crippen molar-refractivity contribution in [2.75, 3.05) is 10.6 Å². The first-order valence-corrected chi connectivity index (χ1v) is 10.6. The predicted molar refractivity (Wildman–Crippen MR) is 128 cm³/mol. The van der Waals surface area contributed by atoms with Gasteiger partial charge in [-0.3, -0.25) is 14.9 Å². The van der Waals surface area contributed by atoms with Crippen LogP contribution < -0.4 is 16.0 Å². The quantitative estimate of drug-likeness (QED) is 0.390. The summed E-state index contributed by atoms with van der Waals surface area (Å²) in [4.78, 5) is 27.8. The minimum Gasteiger partial charge on any atom is -0.326 e. The molecule has 2 aromatic carbocycles. The second-order valence-electron chi connectivity index (χ2n) is 6.98. The zero-order valence-electron chi connectivity index (χ0n) is 16.9. The summed E-state index contributed by atoms with van der Waals surface area (Å²) in [7, 11) is 0. The molecule has 0 unspecified atom stereocenters. The molecule has 3 rings (SSSR count). The normalized spacial score (nSPS) is 11.1. The zero-order valence-corrected chi connectivity index (χ0v) is 18.5. The fourth-order valence-corrected chi connectivity index (χ4v) is 3.88. The van der Waals surface area contributed by atoms with Crippen LogP contribution >= 0.6 is 23.6 Å². The standard InChI is InChI=1S/C22H22N4O2S2/c1-13(2)16-7-4-15(5-8-16)6-11-20(28)25-21(29)26-22-24-18-10-9-17(23-14(3)27)12-19(18)30-22/h4-13H,1-3H3,(H,23,27)(H2,24,25,26,28,29)/b11-6+. The van der Waals surface area contributed by atoms with Gasteiger partial charge in [-0.2, -0.15) is 0 Å². The third-order valence-electron chi connectivity index (χ3n) is 4.20. The van der Waals surface area contributed by atoms with E-state index in [2.05, 4.69) is 46.9 Å². The second kappa shape index (κ2) is 9.60. The molecule has 3 N–H and O–H groups in total. The number of rotatable bonds is 5. The van der Waals surface area contributed by atoms with E-state index in [-0.39, 0.29) is 16.9 Å². The smallest absolute Gasteiger partial charge is 0.250 e. The number of thiocarbonyl (C=S) groups is 1. The molecule has 0 spiro atoms. The van der Waals surface area contributed by atoms with Crippen molar-refractivity contribution in [3.05, 3.63) is 59.7 Å². The Morgan fingerprint density at radius 1 is 1.10 bits per heavy atom. The lowest BCUT2D eigenvalue weighted by atomic mass is 10.0. The highest BCUT2D eigenvalue weighted by molar-refractivity contribution is 7.80. The number of carbonyl (C=O) groups is 2. The van der Waals surface area contributed by atoms with Gasteiger partial charge < -0.3 is 10.6 Å². The van der Waals surface area contributed by atoms with Crippen molar-refractivity contribution in [3.8, 4) is 0 Å². The Morgan fingerprint density at radius 3 is 2.50 bits per heavy atom. The SMILES string of the molecule is CC(=O)Nc1ccc2nc(NC(=S)NC(=O)/C=C/c3ccc(C(C)C)cc3)sc2c1. The number of carbonyl (C=O) groups excluding carboxylic acids is 2. The number of nitrogens with zero attached hydrogens (tertiary/aromatic N) is 1. The topological polar surface area (TPSA) is 83.1 Å². The van der Waals surface area contributed by atoms with Crippen molar-refractivity contribution in [1.82, 2.24) is 10.3 Å². The predicted octanol–water partition coefficient (Wildman–Crippen LogP) is 4.90. The van der Waals surface area contributed by atoms with Crippen LogP contribution in [0, 0.1) is 0 Å². The molecule has 154 valence electrons. The van der Waals surface area contributed by atoms with Crippen LogP contribution in [0.15, 0.2) is 48.5 Å². The first-order valence-electron chi connectivity index (χ1n) is 9.38. The van der Waals surface area contributed by atoms with Gasteiger partial charge in [0.2, 0.25) is 11.8 Å². The maximum absolute atomic E-state index is 12.1. The number of anilines is 2. The van der Waals surface area contributed by atoms with Gasteiger partial charge in [-0.25, -0.2) is 4.98 Å². The fraction of sp³-hybridized carbons (Fsp3) is 0.182. The van der Waals surface area contributed by atoms with Crippen LogP contribution in [-0.4, -0.2) is 21.9 Å². The lowest BCUT2D eigenvalue weighted by molar-refractivity contribution is -0.115. The molecule has 1 aromatic heterocycles. The lowest BCUT2D eigenvalue weighted by Gasteiger charge is -2.05. The van der Waals surface area contributed by atoms with Crippen molar-refractivity contribution in [1.29, 1.82) is 0 Å². The molecule has 0 fully saturated rings. The molecule has 0 atom stereocenters. The first kappa shape index (κ1) is 21.6. The number of hydrogen-bond acceptors (Lipinski definition) is 5. The van der Waals surface area contributed by atoms with Gasteiger partial charge in [0.15, 0.2) is 10.2 Å². The summed E-state index contributed by atoms with van der Waals surface area (Å²) < 4.78 is 0.891. The van der Waals surface area contributed by atoms with Gasteiger partial charge in [-0.15, -0.1) is 0 Å². The maximum atomic E-state index is 12.1. The Labute approximate surface area is 184 Å². The van der Waals surface area contributed by atoms with Crippen LogP contribution in [0.3, 0.4) is 0 Å². The third-order valence-corrected chi connectivity index (χ3v) is 5.33. The van der Waals surface area contributed by atoms with E-state index < -0.39 is 0 Å². The van der Waals surface area contributed by atoms with Crippen LogP contribution in [0.25, 0.3) is 16.3 Å². The largest absolute Gasteiger partial charge is 0.326 e. The number of amides is 2. The number of benzene rings is 2. The molecule has 2 amide bonds. The monoisotopic (exact) mass is 438 g/mol. The number of fused-ring (bicyclic) bond motifs is 1. The van der Waals surface area contributed by atoms with Gasteiger partial charge in [0, 0.05) is 18.7 Å². The van der Waals surface area contributed by atoms with Crippen molar-refractivity contribution in [2.45, 2.75) is 26.7 Å². The third kappa shape index (κ3) is 5.95. The Bertz CT molecular complexity index is 1120. The van der Waals surface area contributed by atoms with E-state index >= 15 is 0 Å². The van der Waals surface area contributed by atoms with Crippen LogP contribution in [0.1, 0.15) is 37.8 Å². The molecule has 0 saturated heterocycles. The second-order valence-corrected chi connectivity index (χ2v) is 8.42. The molecule has 0 aliphatic carbocycles. The van der Waals surface area contributed by atoms with Crippen molar-refractivity contribution in [3.63, 3.8) is 0 Å². The molecular formula is C22H22N4O2S2. The number of nitrogens with one attached hydrogen (secondary N) is 3. The van der Waals surface area contributed by atoms with Crippen LogP contribution in [0.5, 0.6) is 0 Å². The lowest BCUT2D eigenvalue weighted by Crippen LogP contribution is -2.32. The fourth-order valence-electron chi connectivity index (χ4n) is 2.70. The molecule has 1 heterocycles. The van der Waals surface area contributed by atoms with Crippen LogP contribution in [0.4, 0.5) is 10.8 Å². The molecule has 0 radical (unpaired) electrons. The number of hydrogen-bond donors (Lipinski definition) is 3. The van der Waals surface area contributed by atoms with E-state index in [1.54, 1.807) is 12.1 Å². The van der Waals surface area contributed by atoms with E-state index in [1.807, 2.05) is 24.3 Å². The Hall–Kier alpha value is -3.10. The van der Waals surface area contributed by atoms with Crippen LogP contribution in [0.2, 0.25) is 0 Å². The van der Waals surface area contributed by atoms with Crippen molar-refractivity contribution in [2.24, 2.45) is 0 Å². The molecule has 0 aliphatic heterocycles. The molecule has 30 heavy (non-hydrogen) atoms. The average molecular weight is 439 g/mol. The molecule has 0 aliphatic rings. The summed E-state index contributed by atoms with van der Waals surface area (Å²) in [6.07, 6.45) is 3.18. The van der Waals surface area contributed by atoms with E-state index in [9.17, 15) is 9.59 Å². The van der Waals surface area contributed by atoms with Gasteiger partial charge in [0.05, 0.1) is 10.2 Å². The van der Waals surface area contributed by atoms with E-state index in [0.717, 1.165) is 15.8 Å². The maximum Gasteiger partial charge on any atom is 0.250 e. The summed E-state index contributed by atoms with van der Waals surface area (Å²) in [6, 6.07) is 13.5.